The maximum absolute atomic E-state index is 5.42. The maximum atomic E-state index is 5.42. The first-order valence-corrected chi connectivity index (χ1v) is 7.20. The van der Waals surface area contributed by atoms with E-state index in [-0.39, 0.29) is 0 Å². The minimum absolute atomic E-state index is 0.638. The molecule has 4 nitrogen and oxygen atoms in total. The Bertz CT molecular complexity index is 739. The van der Waals surface area contributed by atoms with E-state index in [9.17, 15) is 0 Å². The Kier molecular flexibility index (Phi) is 3.58. The Balaban J connectivity index is 1.78. The number of anilines is 2. The number of benzene rings is 2. The van der Waals surface area contributed by atoms with Gasteiger partial charge in [-0.2, -0.15) is 8.75 Å². The number of nitrogens with one attached hydrogen (secondary N) is 1. The predicted octanol–water partition coefficient (Wildman–Crippen LogP) is 3.52. The fourth-order valence-electron chi connectivity index (χ4n) is 1.84. The van der Waals surface area contributed by atoms with Crippen LogP contribution in [0.1, 0.15) is 0 Å². The zero-order valence-electron chi connectivity index (χ0n) is 10.8. The Morgan fingerprint density at radius 3 is 2.65 bits per heavy atom. The largest absolute Gasteiger partial charge is 0.332 e. The highest BCUT2D eigenvalue weighted by Crippen LogP contribution is 2.18. The number of aromatic nitrogens is 2. The summed E-state index contributed by atoms with van der Waals surface area (Å²) in [6, 6.07) is 15.8. The van der Waals surface area contributed by atoms with Crippen molar-refractivity contribution in [2.45, 2.75) is 0 Å². The molecule has 0 fully saturated rings. The van der Waals surface area contributed by atoms with E-state index in [0.29, 0.717) is 5.11 Å². The highest BCUT2D eigenvalue weighted by atomic mass is 32.1. The summed E-state index contributed by atoms with van der Waals surface area (Å²) in [6.07, 6.45) is 0. The summed E-state index contributed by atoms with van der Waals surface area (Å²) >= 11 is 6.64. The second kappa shape index (κ2) is 5.52. The molecular weight excluding hydrogens is 288 g/mol. The van der Waals surface area contributed by atoms with E-state index < -0.39 is 0 Å². The molecule has 0 amide bonds. The zero-order valence-corrected chi connectivity index (χ0v) is 12.4. The van der Waals surface area contributed by atoms with Crippen molar-refractivity contribution in [3.05, 3.63) is 48.5 Å². The van der Waals surface area contributed by atoms with Crippen molar-refractivity contribution in [3.8, 4) is 0 Å². The molecule has 0 saturated carbocycles. The smallest absolute Gasteiger partial charge is 0.177 e. The third kappa shape index (κ3) is 2.61. The van der Waals surface area contributed by atoms with Gasteiger partial charge < -0.3 is 10.2 Å². The number of hydrogen-bond acceptors (Lipinski definition) is 4. The molecule has 0 saturated heterocycles. The van der Waals surface area contributed by atoms with Gasteiger partial charge in [0.25, 0.3) is 0 Å². The van der Waals surface area contributed by atoms with Gasteiger partial charge in [-0.25, -0.2) is 0 Å². The predicted molar refractivity (Wildman–Crippen MR) is 88.5 cm³/mol. The summed E-state index contributed by atoms with van der Waals surface area (Å²) in [4.78, 5) is 1.93. The molecule has 3 rings (SSSR count). The van der Waals surface area contributed by atoms with Crippen LogP contribution in [-0.4, -0.2) is 20.9 Å². The van der Waals surface area contributed by atoms with Crippen molar-refractivity contribution >= 4 is 51.5 Å². The van der Waals surface area contributed by atoms with E-state index in [1.54, 1.807) is 0 Å². The second-order valence-corrected chi connectivity index (χ2v) is 5.21. The molecule has 0 aliphatic carbocycles. The van der Waals surface area contributed by atoms with Crippen LogP contribution in [0.4, 0.5) is 11.4 Å². The lowest BCUT2D eigenvalue weighted by Gasteiger charge is -2.21. The first kappa shape index (κ1) is 13.0. The fraction of sp³-hybridized carbons (Fsp3) is 0.0714. The monoisotopic (exact) mass is 300 g/mol. The van der Waals surface area contributed by atoms with E-state index in [4.69, 9.17) is 12.2 Å². The quantitative estimate of drug-likeness (QED) is 0.733. The van der Waals surface area contributed by atoms with Gasteiger partial charge in [-0.3, -0.25) is 0 Å². The van der Waals surface area contributed by atoms with E-state index in [0.717, 1.165) is 22.4 Å². The number of rotatable bonds is 2. The maximum Gasteiger partial charge on any atom is 0.177 e. The summed E-state index contributed by atoms with van der Waals surface area (Å²) in [5.41, 5.74) is 3.74. The summed E-state index contributed by atoms with van der Waals surface area (Å²) < 4.78 is 8.40. The second-order valence-electron chi connectivity index (χ2n) is 4.29. The van der Waals surface area contributed by atoms with Gasteiger partial charge in [0.1, 0.15) is 11.0 Å². The van der Waals surface area contributed by atoms with Crippen molar-refractivity contribution < 1.29 is 0 Å². The molecule has 0 aliphatic rings. The number of para-hydroxylation sites is 1. The Hall–Kier alpha value is -2.05. The molecule has 0 atom stereocenters. The van der Waals surface area contributed by atoms with Gasteiger partial charge in [0.15, 0.2) is 5.11 Å². The van der Waals surface area contributed by atoms with Crippen LogP contribution >= 0.6 is 23.9 Å². The first-order valence-electron chi connectivity index (χ1n) is 6.06. The van der Waals surface area contributed by atoms with Crippen LogP contribution in [0, 0.1) is 0 Å². The van der Waals surface area contributed by atoms with Gasteiger partial charge in [-0.15, -0.1) is 0 Å². The molecule has 3 aromatic rings. The van der Waals surface area contributed by atoms with Gasteiger partial charge in [0.2, 0.25) is 0 Å². The summed E-state index contributed by atoms with van der Waals surface area (Å²) in [5.74, 6) is 0. The van der Waals surface area contributed by atoms with Crippen LogP contribution in [0.2, 0.25) is 0 Å². The lowest BCUT2D eigenvalue weighted by Crippen LogP contribution is -2.30. The molecule has 0 aliphatic heterocycles. The Morgan fingerprint density at radius 2 is 1.85 bits per heavy atom. The zero-order chi connectivity index (χ0) is 13.9. The van der Waals surface area contributed by atoms with Gasteiger partial charge in [0, 0.05) is 18.4 Å². The third-order valence-electron chi connectivity index (χ3n) is 2.95. The van der Waals surface area contributed by atoms with E-state index >= 15 is 0 Å². The topological polar surface area (TPSA) is 41.0 Å². The van der Waals surface area contributed by atoms with Gasteiger partial charge >= 0.3 is 0 Å². The highest BCUT2D eigenvalue weighted by Gasteiger charge is 2.07. The van der Waals surface area contributed by atoms with Crippen molar-refractivity contribution in [2.24, 2.45) is 0 Å². The molecule has 0 bridgehead atoms. The van der Waals surface area contributed by atoms with Crippen molar-refractivity contribution in [2.75, 3.05) is 17.3 Å². The van der Waals surface area contributed by atoms with E-state index in [2.05, 4.69) is 14.1 Å². The minimum Gasteiger partial charge on any atom is -0.332 e. The SMILES string of the molecule is CN(C(=S)Nc1ccc2nsnc2c1)c1ccccc1. The molecule has 0 radical (unpaired) electrons. The Morgan fingerprint density at radius 1 is 1.10 bits per heavy atom. The van der Waals surface area contributed by atoms with Crippen LogP contribution < -0.4 is 10.2 Å². The highest BCUT2D eigenvalue weighted by molar-refractivity contribution is 7.80. The van der Waals surface area contributed by atoms with E-state index in [1.807, 2.05) is 60.5 Å². The standard InChI is InChI=1S/C14H12N4S2/c1-18(11-5-3-2-4-6-11)14(19)15-10-7-8-12-13(9-10)17-20-16-12/h2-9H,1H3,(H,15,19). The number of thiocarbonyl (C=S) groups is 1. The summed E-state index contributed by atoms with van der Waals surface area (Å²) in [6.45, 7) is 0. The molecule has 1 heterocycles. The van der Waals surface area contributed by atoms with Crippen molar-refractivity contribution in [3.63, 3.8) is 0 Å². The molecule has 6 heteroatoms. The molecule has 100 valence electrons. The summed E-state index contributed by atoms with van der Waals surface area (Å²) in [5, 5.41) is 3.85. The third-order valence-corrected chi connectivity index (χ3v) is 3.89. The van der Waals surface area contributed by atoms with Crippen LogP contribution in [-0.2, 0) is 0 Å². The van der Waals surface area contributed by atoms with Crippen LogP contribution in [0.3, 0.4) is 0 Å². The molecule has 0 unspecified atom stereocenters. The molecule has 1 aromatic heterocycles. The molecule has 1 N–H and O–H groups in total. The molecular formula is C14H12N4S2. The van der Waals surface area contributed by atoms with Gasteiger partial charge in [-0.05, 0) is 42.5 Å². The lowest BCUT2D eigenvalue weighted by atomic mass is 10.3. The lowest BCUT2D eigenvalue weighted by molar-refractivity contribution is 1.28. The molecule has 2 aromatic carbocycles. The van der Waals surface area contributed by atoms with Crippen LogP contribution in [0.5, 0.6) is 0 Å². The normalized spacial score (nSPS) is 10.4. The summed E-state index contributed by atoms with van der Waals surface area (Å²) in [7, 11) is 1.94. The minimum atomic E-state index is 0.638. The van der Waals surface area contributed by atoms with Gasteiger partial charge in [-0.1, -0.05) is 18.2 Å². The molecule has 20 heavy (non-hydrogen) atoms. The number of nitrogens with zero attached hydrogens (tertiary/aromatic N) is 3. The average Bonchev–Trinajstić information content (AvgIpc) is 2.95. The fourth-order valence-corrected chi connectivity index (χ4v) is 2.58. The van der Waals surface area contributed by atoms with Crippen molar-refractivity contribution in [1.82, 2.24) is 8.75 Å². The Labute approximate surface area is 126 Å². The van der Waals surface area contributed by atoms with E-state index in [1.165, 1.54) is 11.7 Å². The first-order chi connectivity index (χ1) is 9.74. The van der Waals surface area contributed by atoms with Gasteiger partial charge in [0.05, 0.1) is 11.7 Å². The average molecular weight is 300 g/mol. The van der Waals surface area contributed by atoms with Crippen LogP contribution in [0.15, 0.2) is 48.5 Å². The van der Waals surface area contributed by atoms with Crippen LogP contribution in [0.25, 0.3) is 11.0 Å². The number of fused-ring (bicyclic) bond motifs is 1. The number of hydrogen-bond donors (Lipinski definition) is 1. The molecule has 0 spiro atoms. The van der Waals surface area contributed by atoms with Crippen molar-refractivity contribution in [1.29, 1.82) is 0 Å².